The van der Waals surface area contributed by atoms with Crippen molar-refractivity contribution in [3.05, 3.63) is 0 Å². The maximum Gasteiger partial charge on any atom is 0.161 e. The molecule has 0 spiro atoms. The summed E-state index contributed by atoms with van der Waals surface area (Å²) in [6.45, 7) is 0. The van der Waals surface area contributed by atoms with Gasteiger partial charge in [0.05, 0.1) is 11.7 Å². The topological polar surface area (TPSA) is 37.8 Å². The number of nitrogens with zero attached hydrogens (tertiary/aromatic N) is 2. The molecule has 0 bridgehead atoms. The molecule has 0 unspecified atom stereocenters. The first-order valence-corrected chi connectivity index (χ1v) is 4.24. The normalized spacial score (nSPS) is 16.5. The minimum atomic E-state index is 1.01. The Balaban J connectivity index is 2.54. The van der Waals surface area contributed by atoms with Gasteiger partial charge in [-0.05, 0) is 23.9 Å². The average Bonchev–Trinajstić information content (AvgIpc) is 2.15. The van der Waals surface area contributed by atoms with Crippen LogP contribution in [-0.2, 0) is 0 Å². The average molecular weight is 163 g/mol. The van der Waals surface area contributed by atoms with Crippen molar-refractivity contribution in [1.82, 2.24) is 12.9 Å². The van der Waals surface area contributed by atoms with Crippen LogP contribution in [0.4, 0.5) is 0 Å². The minimum Gasteiger partial charge on any atom is -0.197 e. The first-order chi connectivity index (χ1) is 3.97. The number of rotatable bonds is 0. The van der Waals surface area contributed by atoms with E-state index in [9.17, 15) is 0 Å². The second kappa shape index (κ2) is 1.87. The van der Waals surface area contributed by atoms with E-state index in [1.807, 2.05) is 0 Å². The predicted octanol–water partition coefficient (Wildman–Crippen LogP) is 1.16. The lowest BCUT2D eigenvalue weighted by molar-refractivity contribution is 1.10. The molecule has 0 atom stereocenters. The summed E-state index contributed by atoms with van der Waals surface area (Å²) in [5, 5.41) is 2.03. The Morgan fingerprint density at radius 2 is 1.75 bits per heavy atom. The van der Waals surface area contributed by atoms with Crippen LogP contribution >= 0.6 is 35.6 Å². The molecule has 0 fully saturated rings. The third kappa shape index (κ3) is 0.644. The van der Waals surface area contributed by atoms with Gasteiger partial charge in [-0.1, -0.05) is 0 Å². The number of hydrogen-bond donors (Lipinski definition) is 1. The molecule has 1 aromatic rings. The highest BCUT2D eigenvalue weighted by molar-refractivity contribution is 8.15. The predicted molar refractivity (Wildman–Crippen MR) is 34.8 cm³/mol. The highest BCUT2D eigenvalue weighted by Gasteiger charge is 2.15. The van der Waals surface area contributed by atoms with E-state index in [0.717, 1.165) is 10.1 Å². The molecular weight excluding hydrogens is 162 g/mol. The fraction of sp³-hybridized carbons (Fsp3) is 0. The van der Waals surface area contributed by atoms with Crippen LogP contribution in [0.5, 0.6) is 0 Å². The van der Waals surface area contributed by atoms with Gasteiger partial charge in [0.15, 0.2) is 10.1 Å². The zero-order chi connectivity index (χ0) is 5.40. The van der Waals surface area contributed by atoms with Crippen LogP contribution in [0, 0.1) is 0 Å². The van der Waals surface area contributed by atoms with E-state index in [0.29, 0.717) is 0 Å². The third-order valence-corrected chi connectivity index (χ3v) is 3.22. The van der Waals surface area contributed by atoms with E-state index in [4.69, 9.17) is 0 Å². The zero-order valence-corrected chi connectivity index (χ0v) is 6.07. The van der Waals surface area contributed by atoms with Crippen LogP contribution in [0.15, 0.2) is 10.1 Å². The second-order valence-corrected chi connectivity index (χ2v) is 3.54. The lowest BCUT2D eigenvalue weighted by atomic mass is 10.9. The standard InChI is InChI=1S/C2HN3S3/c3-1-2(4-8-3)7-5-6-1/h5H. The van der Waals surface area contributed by atoms with Crippen LogP contribution < -0.4 is 4.13 Å². The summed E-state index contributed by atoms with van der Waals surface area (Å²) in [6.07, 6.45) is 0. The molecule has 3 nitrogen and oxygen atoms in total. The molecule has 2 rings (SSSR count). The molecule has 0 saturated carbocycles. The summed E-state index contributed by atoms with van der Waals surface area (Å²) in [5.41, 5.74) is 0. The van der Waals surface area contributed by atoms with Gasteiger partial charge in [0.2, 0.25) is 0 Å². The maximum absolute atomic E-state index is 4.01. The molecule has 1 aromatic heterocycles. The molecule has 1 N–H and O–H groups in total. The monoisotopic (exact) mass is 163 g/mol. The van der Waals surface area contributed by atoms with E-state index in [-0.39, 0.29) is 0 Å². The van der Waals surface area contributed by atoms with Gasteiger partial charge in [0.25, 0.3) is 0 Å². The fourth-order valence-electron chi connectivity index (χ4n) is 0.397. The third-order valence-electron chi connectivity index (χ3n) is 0.707. The second-order valence-electron chi connectivity index (χ2n) is 1.16. The van der Waals surface area contributed by atoms with Crippen LogP contribution in [0.3, 0.4) is 0 Å². The molecule has 6 heteroatoms. The molecule has 1 aliphatic rings. The van der Waals surface area contributed by atoms with Gasteiger partial charge in [-0.3, -0.25) is 0 Å². The Morgan fingerprint density at radius 1 is 1.12 bits per heavy atom. The first kappa shape index (κ1) is 5.04. The molecule has 0 saturated heterocycles. The summed E-state index contributed by atoms with van der Waals surface area (Å²) in [4.78, 5) is 0. The molecule has 2 heterocycles. The Morgan fingerprint density at radius 3 is 2.38 bits per heavy atom. The summed E-state index contributed by atoms with van der Waals surface area (Å²) in [7, 11) is 0. The highest BCUT2D eigenvalue weighted by atomic mass is 32.2. The Bertz CT molecular complexity index is 178. The fourth-order valence-corrected chi connectivity index (χ4v) is 2.69. The highest BCUT2D eigenvalue weighted by Crippen LogP contribution is 2.34. The van der Waals surface area contributed by atoms with Gasteiger partial charge < -0.3 is 0 Å². The van der Waals surface area contributed by atoms with E-state index >= 15 is 0 Å². The number of hydrogen-bond acceptors (Lipinski definition) is 6. The van der Waals surface area contributed by atoms with E-state index in [1.54, 1.807) is 0 Å². The Hall–Kier alpha value is 0.220. The van der Waals surface area contributed by atoms with Crippen molar-refractivity contribution in [3.63, 3.8) is 0 Å². The maximum atomic E-state index is 4.01. The molecule has 0 aliphatic carbocycles. The van der Waals surface area contributed by atoms with Crippen molar-refractivity contribution in [2.45, 2.75) is 10.1 Å². The Kier molecular flexibility index (Phi) is 1.18. The quantitative estimate of drug-likeness (QED) is 0.581. The van der Waals surface area contributed by atoms with Gasteiger partial charge in [-0.25, -0.2) is 0 Å². The van der Waals surface area contributed by atoms with Crippen molar-refractivity contribution in [2.24, 2.45) is 0 Å². The Labute approximate surface area is 58.9 Å². The van der Waals surface area contributed by atoms with Crippen LogP contribution in [-0.4, -0.2) is 8.75 Å². The van der Waals surface area contributed by atoms with Gasteiger partial charge >= 0.3 is 0 Å². The van der Waals surface area contributed by atoms with Crippen molar-refractivity contribution < 1.29 is 0 Å². The number of fused-ring (bicyclic) bond motifs is 1. The van der Waals surface area contributed by atoms with Gasteiger partial charge in [0, 0.05) is 0 Å². The molecule has 1 aliphatic heterocycles. The number of aromatic nitrogens is 2. The zero-order valence-electron chi connectivity index (χ0n) is 3.62. The summed E-state index contributed by atoms with van der Waals surface area (Å²) >= 11 is 4.31. The minimum absolute atomic E-state index is 1.01. The van der Waals surface area contributed by atoms with Crippen molar-refractivity contribution in [3.8, 4) is 0 Å². The number of nitrogens with one attached hydrogen (secondary N) is 1. The summed E-state index contributed by atoms with van der Waals surface area (Å²) < 4.78 is 11.0. The van der Waals surface area contributed by atoms with Crippen LogP contribution in [0.1, 0.15) is 0 Å². The van der Waals surface area contributed by atoms with E-state index in [1.165, 1.54) is 35.6 Å². The van der Waals surface area contributed by atoms with E-state index in [2.05, 4.69) is 12.9 Å². The van der Waals surface area contributed by atoms with Crippen LogP contribution in [0.25, 0.3) is 0 Å². The van der Waals surface area contributed by atoms with E-state index < -0.39 is 0 Å². The smallest absolute Gasteiger partial charge is 0.161 e. The summed E-state index contributed by atoms with van der Waals surface area (Å²) in [6, 6.07) is 0. The molecule has 42 valence electrons. The molecule has 8 heavy (non-hydrogen) atoms. The SMILES string of the molecule is n1snc2c1SNS2. The van der Waals surface area contributed by atoms with Gasteiger partial charge in [-0.15, -0.1) is 0 Å². The lowest BCUT2D eigenvalue weighted by Gasteiger charge is -1.77. The van der Waals surface area contributed by atoms with Crippen molar-refractivity contribution in [2.75, 3.05) is 0 Å². The molecule has 0 amide bonds. The summed E-state index contributed by atoms with van der Waals surface area (Å²) in [5.74, 6) is 0. The van der Waals surface area contributed by atoms with Crippen LogP contribution in [0.2, 0.25) is 0 Å². The molecular formula is C2HN3S3. The van der Waals surface area contributed by atoms with Gasteiger partial charge in [0.1, 0.15) is 0 Å². The van der Waals surface area contributed by atoms with Crippen molar-refractivity contribution >= 4 is 35.6 Å². The molecule has 0 aromatic carbocycles. The van der Waals surface area contributed by atoms with Crippen molar-refractivity contribution in [1.29, 1.82) is 0 Å². The van der Waals surface area contributed by atoms with Gasteiger partial charge in [-0.2, -0.15) is 12.9 Å². The molecule has 0 radical (unpaired) electrons. The lowest BCUT2D eigenvalue weighted by Crippen LogP contribution is -1.76. The largest absolute Gasteiger partial charge is 0.197 e. The first-order valence-electron chi connectivity index (χ1n) is 1.88.